The molecule has 0 saturated carbocycles. The third-order valence-electron chi connectivity index (χ3n) is 5.09. The summed E-state index contributed by atoms with van der Waals surface area (Å²) in [5.74, 6) is 0.103. The van der Waals surface area contributed by atoms with Crippen molar-refractivity contribution in [3.63, 3.8) is 0 Å². The molecule has 0 spiro atoms. The number of amides is 1. The Hall–Kier alpha value is -1.61. The van der Waals surface area contributed by atoms with Gasteiger partial charge >= 0.3 is 0 Å². The molecule has 0 aromatic heterocycles. The predicted octanol–water partition coefficient (Wildman–Crippen LogP) is 4.16. The van der Waals surface area contributed by atoms with E-state index in [0.717, 1.165) is 19.3 Å². The van der Waals surface area contributed by atoms with Gasteiger partial charge in [0.1, 0.15) is 0 Å². The lowest BCUT2D eigenvalue weighted by molar-refractivity contribution is -0.122. The minimum Gasteiger partial charge on any atom is -0.347 e. The van der Waals surface area contributed by atoms with Crippen molar-refractivity contribution in [1.82, 2.24) is 10.6 Å². The molecule has 138 valence electrons. The van der Waals surface area contributed by atoms with Crippen molar-refractivity contribution in [2.75, 3.05) is 6.54 Å². The molecule has 2 atom stereocenters. The van der Waals surface area contributed by atoms with Gasteiger partial charge in [0, 0.05) is 6.04 Å². The molecule has 3 heteroatoms. The molecule has 1 fully saturated rings. The summed E-state index contributed by atoms with van der Waals surface area (Å²) in [6.45, 7) is 4.81. The van der Waals surface area contributed by atoms with Crippen molar-refractivity contribution < 1.29 is 4.79 Å². The van der Waals surface area contributed by atoms with Gasteiger partial charge in [0.25, 0.3) is 0 Å². The van der Waals surface area contributed by atoms with E-state index < -0.39 is 0 Å². The minimum absolute atomic E-state index is 0.103. The van der Waals surface area contributed by atoms with E-state index in [1.54, 1.807) is 0 Å². The topological polar surface area (TPSA) is 41.1 Å². The van der Waals surface area contributed by atoms with E-state index in [2.05, 4.69) is 60.9 Å². The molecule has 1 amide bonds. The Morgan fingerprint density at radius 3 is 2.48 bits per heavy atom. The minimum atomic E-state index is 0.103. The molecule has 2 N–H and O–H groups in total. The zero-order chi connectivity index (χ0) is 17.9. The average Bonchev–Trinajstić information content (AvgIpc) is 2.64. The zero-order valence-corrected chi connectivity index (χ0v) is 15.9. The number of nitrogens with one attached hydrogen (secondary N) is 2. The van der Waals surface area contributed by atoms with E-state index >= 15 is 0 Å². The van der Waals surface area contributed by atoms with Gasteiger partial charge < -0.3 is 10.6 Å². The fourth-order valence-electron chi connectivity index (χ4n) is 3.40. The first kappa shape index (κ1) is 19.7. The molecule has 3 nitrogen and oxygen atoms in total. The van der Waals surface area contributed by atoms with Crippen LogP contribution in [0.2, 0.25) is 0 Å². The summed E-state index contributed by atoms with van der Waals surface area (Å²) in [7, 11) is 0. The van der Waals surface area contributed by atoms with Crippen LogP contribution in [0.1, 0.15) is 63.5 Å². The lowest BCUT2D eigenvalue weighted by atomic mass is 10.0. The van der Waals surface area contributed by atoms with Crippen molar-refractivity contribution >= 4 is 5.91 Å². The summed E-state index contributed by atoms with van der Waals surface area (Å²) >= 11 is 0. The van der Waals surface area contributed by atoms with Gasteiger partial charge in [0.2, 0.25) is 5.91 Å². The zero-order valence-electron chi connectivity index (χ0n) is 15.9. The molecule has 1 aliphatic rings. The fourth-order valence-corrected chi connectivity index (χ4v) is 3.40. The summed E-state index contributed by atoms with van der Waals surface area (Å²) < 4.78 is 0. The first-order valence-electron chi connectivity index (χ1n) is 10.00. The van der Waals surface area contributed by atoms with E-state index in [-0.39, 0.29) is 11.9 Å². The monoisotopic (exact) mass is 342 g/mol. The molecule has 1 aliphatic heterocycles. The SMILES string of the molecule is CCc1ccc(CCCCCCC=CC2NC(=O)CNC2CC)cc1. The number of benzene rings is 1. The van der Waals surface area contributed by atoms with Crippen LogP contribution in [0.25, 0.3) is 0 Å². The maximum absolute atomic E-state index is 11.5. The molecule has 2 unspecified atom stereocenters. The predicted molar refractivity (Wildman–Crippen MR) is 106 cm³/mol. The molecule has 1 saturated heterocycles. The Labute approximate surface area is 153 Å². The third kappa shape index (κ3) is 7.03. The molecule has 25 heavy (non-hydrogen) atoms. The molecule has 1 aromatic carbocycles. The number of carbonyl (C=O) groups excluding carboxylic acids is 1. The average molecular weight is 343 g/mol. The van der Waals surface area contributed by atoms with Crippen LogP contribution in [0.5, 0.6) is 0 Å². The van der Waals surface area contributed by atoms with E-state index in [0.29, 0.717) is 12.6 Å². The Morgan fingerprint density at radius 2 is 1.76 bits per heavy atom. The van der Waals surface area contributed by atoms with Gasteiger partial charge in [-0.05, 0) is 49.7 Å². The van der Waals surface area contributed by atoms with Crippen molar-refractivity contribution in [3.05, 3.63) is 47.5 Å². The summed E-state index contributed by atoms with van der Waals surface area (Å²) in [6.07, 6.45) is 13.9. The number of rotatable bonds is 10. The van der Waals surface area contributed by atoms with Gasteiger partial charge in [-0.1, -0.05) is 63.1 Å². The van der Waals surface area contributed by atoms with E-state index in [9.17, 15) is 4.79 Å². The summed E-state index contributed by atoms with van der Waals surface area (Å²) in [6, 6.07) is 9.58. The van der Waals surface area contributed by atoms with Crippen LogP contribution in [0.15, 0.2) is 36.4 Å². The number of allylic oxidation sites excluding steroid dienone is 1. The van der Waals surface area contributed by atoms with Crippen molar-refractivity contribution in [2.45, 2.75) is 77.3 Å². The lowest BCUT2D eigenvalue weighted by Crippen LogP contribution is -2.57. The fraction of sp³-hybridized carbons (Fsp3) is 0.591. The highest BCUT2D eigenvalue weighted by Gasteiger charge is 2.24. The second-order valence-electron chi connectivity index (χ2n) is 7.04. The maximum Gasteiger partial charge on any atom is 0.234 e. The second-order valence-corrected chi connectivity index (χ2v) is 7.04. The van der Waals surface area contributed by atoms with Gasteiger partial charge in [-0.2, -0.15) is 0 Å². The largest absolute Gasteiger partial charge is 0.347 e. The Balaban J connectivity index is 1.55. The highest BCUT2D eigenvalue weighted by molar-refractivity contribution is 5.79. The summed E-state index contributed by atoms with van der Waals surface area (Å²) in [4.78, 5) is 11.5. The molecule has 1 heterocycles. The van der Waals surface area contributed by atoms with Crippen LogP contribution < -0.4 is 10.6 Å². The normalized spacial score (nSPS) is 20.8. The molecule has 0 bridgehead atoms. The van der Waals surface area contributed by atoms with E-state index in [4.69, 9.17) is 0 Å². The summed E-state index contributed by atoms with van der Waals surface area (Å²) in [5, 5.41) is 6.36. The molecular weight excluding hydrogens is 308 g/mol. The maximum atomic E-state index is 11.5. The standard InChI is InChI=1S/C22H34N2O/c1-3-18-13-15-19(16-14-18)11-9-7-5-6-8-10-12-21-20(4-2)23-17-22(25)24-21/h10,12-16,20-21,23H,3-9,11,17H2,1-2H3,(H,24,25). The van der Waals surface area contributed by atoms with E-state index in [1.807, 2.05) is 0 Å². The van der Waals surface area contributed by atoms with Crippen LogP contribution in [0.3, 0.4) is 0 Å². The van der Waals surface area contributed by atoms with Crippen LogP contribution in [-0.4, -0.2) is 24.5 Å². The van der Waals surface area contributed by atoms with Crippen molar-refractivity contribution in [3.8, 4) is 0 Å². The smallest absolute Gasteiger partial charge is 0.234 e. The van der Waals surface area contributed by atoms with Crippen molar-refractivity contribution in [2.24, 2.45) is 0 Å². The quantitative estimate of drug-likeness (QED) is 0.495. The van der Waals surface area contributed by atoms with Crippen LogP contribution in [0, 0.1) is 0 Å². The molecule has 0 aliphatic carbocycles. The van der Waals surface area contributed by atoms with Gasteiger partial charge in [-0.3, -0.25) is 4.79 Å². The molecule has 0 radical (unpaired) electrons. The number of piperazine rings is 1. The van der Waals surface area contributed by atoms with Gasteiger partial charge in [0.15, 0.2) is 0 Å². The summed E-state index contributed by atoms with van der Waals surface area (Å²) in [5.41, 5.74) is 2.88. The Bertz CT molecular complexity index is 535. The van der Waals surface area contributed by atoms with E-state index in [1.165, 1.54) is 43.2 Å². The van der Waals surface area contributed by atoms with Gasteiger partial charge in [0.05, 0.1) is 12.6 Å². The van der Waals surface area contributed by atoms with Gasteiger partial charge in [-0.15, -0.1) is 0 Å². The molecule has 1 aromatic rings. The van der Waals surface area contributed by atoms with Gasteiger partial charge in [-0.25, -0.2) is 0 Å². The lowest BCUT2D eigenvalue weighted by Gasteiger charge is -2.30. The number of carbonyl (C=O) groups is 1. The Morgan fingerprint density at radius 1 is 1.04 bits per heavy atom. The first-order chi connectivity index (χ1) is 12.2. The number of unbranched alkanes of at least 4 members (excludes halogenated alkanes) is 4. The highest BCUT2D eigenvalue weighted by Crippen LogP contribution is 2.12. The first-order valence-corrected chi connectivity index (χ1v) is 10.00. The van der Waals surface area contributed by atoms with Crippen LogP contribution in [0.4, 0.5) is 0 Å². The molecule has 2 rings (SSSR count). The Kier molecular flexibility index (Phi) is 8.75. The number of hydrogen-bond donors (Lipinski definition) is 2. The third-order valence-corrected chi connectivity index (χ3v) is 5.09. The number of aryl methyl sites for hydroxylation is 2. The van der Waals surface area contributed by atoms with Crippen LogP contribution >= 0.6 is 0 Å². The number of hydrogen-bond acceptors (Lipinski definition) is 2. The second kappa shape index (κ2) is 11.1. The van der Waals surface area contributed by atoms with Crippen LogP contribution in [-0.2, 0) is 17.6 Å². The van der Waals surface area contributed by atoms with Crippen molar-refractivity contribution in [1.29, 1.82) is 0 Å². The molecular formula is C22H34N2O. The highest BCUT2D eigenvalue weighted by atomic mass is 16.2.